The summed E-state index contributed by atoms with van der Waals surface area (Å²) in [5.74, 6) is 0.840. The number of nitrogens with zero attached hydrogens (tertiary/aromatic N) is 4. The molecule has 0 bridgehead atoms. The number of hydrogen-bond acceptors (Lipinski definition) is 4. The molecule has 0 fully saturated rings. The van der Waals surface area contributed by atoms with Crippen LogP contribution >= 0.6 is 11.3 Å². The van der Waals surface area contributed by atoms with Crippen LogP contribution in [0, 0.1) is 13.8 Å². The molecule has 0 aliphatic carbocycles. The number of guanidine groups is 1. The Hall–Kier alpha value is -2.67. The number of nitrogens with one attached hydrogen (secondary N) is 2. The highest BCUT2D eigenvalue weighted by Gasteiger charge is 2.06. The van der Waals surface area contributed by atoms with E-state index in [0.717, 1.165) is 48.3 Å². The van der Waals surface area contributed by atoms with Crippen molar-refractivity contribution < 1.29 is 0 Å². The van der Waals surface area contributed by atoms with Crippen LogP contribution < -0.4 is 10.6 Å². The van der Waals surface area contributed by atoms with E-state index in [4.69, 9.17) is 0 Å². The zero-order valence-electron chi connectivity index (χ0n) is 16.8. The summed E-state index contributed by atoms with van der Waals surface area (Å²) >= 11 is 1.69. The van der Waals surface area contributed by atoms with Crippen LogP contribution in [0.2, 0.25) is 0 Å². The first-order chi connectivity index (χ1) is 13.7. The average molecular weight is 397 g/mol. The van der Waals surface area contributed by atoms with E-state index in [1.165, 1.54) is 10.4 Å². The molecule has 3 aromatic rings. The van der Waals surface area contributed by atoms with Gasteiger partial charge in [-0.25, -0.2) is 14.7 Å². The Bertz CT molecular complexity index is 897. The standard InChI is InChI=1S/C21H28N6S/c1-4-22-21(25-14-20-24-13-16(2)28-20)23-12-8-9-18-15-27(26-17(18)3)19-10-6-5-7-11-19/h5-7,10-11,13,15H,4,8-9,12,14H2,1-3H3,(H2,22,23,25). The number of benzene rings is 1. The van der Waals surface area contributed by atoms with Gasteiger partial charge >= 0.3 is 0 Å². The Balaban J connectivity index is 1.50. The lowest BCUT2D eigenvalue weighted by atomic mass is 10.1. The SMILES string of the molecule is CCNC(=NCc1ncc(C)s1)NCCCc1cn(-c2ccccc2)nc1C. The number of aromatic nitrogens is 3. The van der Waals surface area contributed by atoms with Crippen LogP contribution in [-0.4, -0.2) is 33.8 Å². The third-order valence-electron chi connectivity index (χ3n) is 4.32. The van der Waals surface area contributed by atoms with Crippen molar-refractivity contribution in [3.63, 3.8) is 0 Å². The van der Waals surface area contributed by atoms with Crippen molar-refractivity contribution in [2.75, 3.05) is 13.1 Å². The first kappa shape index (κ1) is 20.1. The topological polar surface area (TPSA) is 67.1 Å². The van der Waals surface area contributed by atoms with Gasteiger partial charge in [0.05, 0.1) is 17.9 Å². The first-order valence-corrected chi connectivity index (χ1v) is 10.5. The minimum absolute atomic E-state index is 0.608. The van der Waals surface area contributed by atoms with Gasteiger partial charge in [0.15, 0.2) is 5.96 Å². The van der Waals surface area contributed by atoms with Gasteiger partial charge in [-0.05, 0) is 51.3 Å². The number of hydrogen-bond donors (Lipinski definition) is 2. The molecule has 0 spiro atoms. The summed E-state index contributed by atoms with van der Waals surface area (Å²) < 4.78 is 1.96. The molecule has 6 nitrogen and oxygen atoms in total. The summed E-state index contributed by atoms with van der Waals surface area (Å²) in [5.41, 5.74) is 3.46. The highest BCUT2D eigenvalue weighted by atomic mass is 32.1. The van der Waals surface area contributed by atoms with Gasteiger partial charge in [-0.3, -0.25) is 0 Å². The van der Waals surface area contributed by atoms with Crippen molar-refractivity contribution in [2.45, 2.75) is 40.2 Å². The monoisotopic (exact) mass is 396 g/mol. The van der Waals surface area contributed by atoms with Crippen molar-refractivity contribution in [2.24, 2.45) is 4.99 Å². The van der Waals surface area contributed by atoms with Gasteiger partial charge in [-0.1, -0.05) is 18.2 Å². The summed E-state index contributed by atoms with van der Waals surface area (Å²) in [6.45, 7) is 8.52. The Kier molecular flexibility index (Phi) is 7.19. The zero-order chi connectivity index (χ0) is 19.8. The second-order valence-corrected chi connectivity index (χ2v) is 7.93. The van der Waals surface area contributed by atoms with Crippen LogP contribution in [0.25, 0.3) is 5.69 Å². The normalized spacial score (nSPS) is 11.6. The van der Waals surface area contributed by atoms with E-state index in [9.17, 15) is 0 Å². The smallest absolute Gasteiger partial charge is 0.191 e. The van der Waals surface area contributed by atoms with Gasteiger partial charge in [0.1, 0.15) is 5.01 Å². The average Bonchev–Trinajstić information content (AvgIpc) is 3.29. The summed E-state index contributed by atoms with van der Waals surface area (Å²) in [7, 11) is 0. The fourth-order valence-corrected chi connectivity index (χ4v) is 3.61. The van der Waals surface area contributed by atoms with Crippen LogP contribution in [0.5, 0.6) is 0 Å². The van der Waals surface area contributed by atoms with Crippen molar-refractivity contribution in [1.82, 2.24) is 25.4 Å². The maximum atomic E-state index is 4.64. The highest BCUT2D eigenvalue weighted by molar-refractivity contribution is 7.11. The second-order valence-electron chi connectivity index (χ2n) is 6.61. The predicted molar refractivity (Wildman–Crippen MR) is 116 cm³/mol. The number of aryl methyl sites for hydroxylation is 3. The summed E-state index contributed by atoms with van der Waals surface area (Å²) in [5, 5.41) is 12.4. The molecule has 148 valence electrons. The first-order valence-electron chi connectivity index (χ1n) is 9.69. The summed E-state index contributed by atoms with van der Waals surface area (Å²) in [6.07, 6.45) is 6.03. The Morgan fingerprint density at radius 2 is 2.00 bits per heavy atom. The number of thiazole rings is 1. The fraction of sp³-hybridized carbons (Fsp3) is 0.381. The largest absolute Gasteiger partial charge is 0.357 e. The molecule has 0 amide bonds. The van der Waals surface area contributed by atoms with Crippen molar-refractivity contribution in [3.8, 4) is 5.69 Å². The van der Waals surface area contributed by atoms with Crippen molar-refractivity contribution in [1.29, 1.82) is 0 Å². The van der Waals surface area contributed by atoms with E-state index in [1.54, 1.807) is 11.3 Å². The zero-order valence-corrected chi connectivity index (χ0v) is 17.6. The molecule has 0 unspecified atom stereocenters. The van der Waals surface area contributed by atoms with Crippen LogP contribution in [0.3, 0.4) is 0 Å². The molecule has 3 rings (SSSR count). The molecule has 0 aliphatic rings. The molecule has 2 heterocycles. The molecule has 0 atom stereocenters. The van der Waals surface area contributed by atoms with E-state index in [0.29, 0.717) is 6.54 Å². The van der Waals surface area contributed by atoms with Gasteiger partial charge in [0.2, 0.25) is 0 Å². The summed E-state index contributed by atoms with van der Waals surface area (Å²) in [6, 6.07) is 10.2. The molecule has 2 aromatic heterocycles. The highest BCUT2D eigenvalue weighted by Crippen LogP contribution is 2.13. The number of aliphatic imine (C=N–C) groups is 1. The van der Waals surface area contributed by atoms with E-state index < -0.39 is 0 Å². The summed E-state index contributed by atoms with van der Waals surface area (Å²) in [4.78, 5) is 10.2. The van der Waals surface area contributed by atoms with Gasteiger partial charge in [0.25, 0.3) is 0 Å². The van der Waals surface area contributed by atoms with Gasteiger partial charge in [-0.15, -0.1) is 11.3 Å². The molecule has 1 aromatic carbocycles. The van der Waals surface area contributed by atoms with Crippen LogP contribution in [0.4, 0.5) is 0 Å². The molecule has 0 saturated carbocycles. The van der Waals surface area contributed by atoms with E-state index in [2.05, 4.69) is 64.8 Å². The van der Waals surface area contributed by atoms with E-state index >= 15 is 0 Å². The van der Waals surface area contributed by atoms with Gasteiger partial charge in [0, 0.05) is 30.4 Å². The molecular formula is C21H28N6S. The predicted octanol–water partition coefficient (Wildman–Crippen LogP) is 3.63. The second kappa shape index (κ2) is 10.0. The lowest BCUT2D eigenvalue weighted by Crippen LogP contribution is -2.37. The van der Waals surface area contributed by atoms with Crippen LogP contribution in [0.1, 0.15) is 34.5 Å². The fourth-order valence-electron chi connectivity index (χ4n) is 2.90. The van der Waals surface area contributed by atoms with Crippen LogP contribution in [0.15, 0.2) is 47.7 Å². The Morgan fingerprint density at radius 1 is 1.18 bits per heavy atom. The quantitative estimate of drug-likeness (QED) is 0.347. The maximum absolute atomic E-state index is 4.64. The third kappa shape index (κ3) is 5.66. The molecule has 7 heteroatoms. The van der Waals surface area contributed by atoms with E-state index in [-0.39, 0.29) is 0 Å². The lowest BCUT2D eigenvalue weighted by molar-refractivity contribution is 0.741. The minimum Gasteiger partial charge on any atom is -0.357 e. The molecular weight excluding hydrogens is 368 g/mol. The van der Waals surface area contributed by atoms with Crippen LogP contribution in [-0.2, 0) is 13.0 Å². The Morgan fingerprint density at radius 3 is 2.71 bits per heavy atom. The van der Waals surface area contributed by atoms with Gasteiger partial charge < -0.3 is 10.6 Å². The molecule has 2 N–H and O–H groups in total. The molecule has 0 saturated heterocycles. The van der Waals surface area contributed by atoms with Gasteiger partial charge in [-0.2, -0.15) is 5.10 Å². The number of para-hydroxylation sites is 1. The molecule has 0 radical (unpaired) electrons. The minimum atomic E-state index is 0.608. The van der Waals surface area contributed by atoms with Crippen molar-refractivity contribution >= 4 is 17.3 Å². The maximum Gasteiger partial charge on any atom is 0.191 e. The van der Waals surface area contributed by atoms with Crippen molar-refractivity contribution in [3.05, 3.63) is 63.9 Å². The number of rotatable bonds is 8. The Labute approximate surface area is 170 Å². The third-order valence-corrected chi connectivity index (χ3v) is 5.22. The molecule has 0 aliphatic heterocycles. The molecule has 28 heavy (non-hydrogen) atoms. The van der Waals surface area contributed by atoms with E-state index in [1.807, 2.05) is 29.1 Å². The lowest BCUT2D eigenvalue weighted by Gasteiger charge is -2.10.